The number of hydrogen-bond donors (Lipinski definition) is 1. The van der Waals surface area contributed by atoms with Crippen LogP contribution < -0.4 is 14.7 Å². The van der Waals surface area contributed by atoms with Crippen LogP contribution in [0.25, 0.3) is 16.4 Å². The molecule has 0 aliphatic carbocycles. The molecule has 0 saturated heterocycles. The van der Waals surface area contributed by atoms with Gasteiger partial charge in [-0.15, -0.1) is 0 Å². The Morgan fingerprint density at radius 1 is 1.21 bits per heavy atom. The fraction of sp³-hybridized carbons (Fsp3) is 0.136. The lowest BCUT2D eigenvalue weighted by atomic mass is 10.1. The zero-order valence-corrected chi connectivity index (χ0v) is 17.7. The summed E-state index contributed by atoms with van der Waals surface area (Å²) < 4.78 is 50.2. The van der Waals surface area contributed by atoms with Crippen LogP contribution in [0.3, 0.4) is 0 Å². The molecule has 2 aromatic carbocycles. The van der Waals surface area contributed by atoms with Crippen molar-refractivity contribution >= 4 is 17.6 Å². The molecule has 0 aliphatic rings. The summed E-state index contributed by atoms with van der Waals surface area (Å²) in [5, 5.41) is 9.78. The summed E-state index contributed by atoms with van der Waals surface area (Å²) in [6.07, 6.45) is -0.0885. The molecule has 174 valence electrons. The van der Waals surface area contributed by atoms with E-state index in [0.717, 1.165) is 28.8 Å². The van der Waals surface area contributed by atoms with Crippen molar-refractivity contribution in [2.24, 2.45) is 0 Å². The Morgan fingerprint density at radius 3 is 2.82 bits per heavy atom. The normalized spacial score (nSPS) is 11.2. The van der Waals surface area contributed by atoms with E-state index >= 15 is 0 Å². The first kappa shape index (κ1) is 22.7. The van der Waals surface area contributed by atoms with Gasteiger partial charge in [0.1, 0.15) is 6.33 Å². The molecule has 0 unspecified atom stereocenters. The van der Waals surface area contributed by atoms with Crippen molar-refractivity contribution in [2.45, 2.75) is 12.7 Å². The van der Waals surface area contributed by atoms with Crippen molar-refractivity contribution in [1.82, 2.24) is 15.2 Å². The summed E-state index contributed by atoms with van der Waals surface area (Å²) in [5.74, 6) is 0.327. The molecule has 0 saturated carbocycles. The van der Waals surface area contributed by atoms with Crippen molar-refractivity contribution in [1.29, 1.82) is 0 Å². The Kier molecular flexibility index (Phi) is 6.39. The lowest BCUT2D eigenvalue weighted by Crippen LogP contribution is -2.35. The van der Waals surface area contributed by atoms with Crippen LogP contribution in [0.15, 0.2) is 71.8 Å². The molecule has 2 amide bonds. The maximum atomic E-state index is 12.8. The quantitative estimate of drug-likeness (QED) is 0.408. The van der Waals surface area contributed by atoms with Gasteiger partial charge in [-0.3, -0.25) is 4.79 Å². The molecule has 12 heteroatoms. The summed E-state index contributed by atoms with van der Waals surface area (Å²) in [7, 11) is 1.52. The van der Waals surface area contributed by atoms with Gasteiger partial charge in [0.25, 0.3) is 0 Å². The van der Waals surface area contributed by atoms with Gasteiger partial charge >= 0.3 is 6.18 Å². The first-order chi connectivity index (χ1) is 16.3. The highest BCUT2D eigenvalue weighted by Gasteiger charge is 2.30. The van der Waals surface area contributed by atoms with E-state index in [1.807, 2.05) is 24.3 Å². The number of alkyl halides is 3. The van der Waals surface area contributed by atoms with Crippen molar-refractivity contribution in [2.75, 3.05) is 12.4 Å². The fourth-order valence-corrected chi connectivity index (χ4v) is 3.12. The van der Waals surface area contributed by atoms with Gasteiger partial charge in [-0.05, 0) is 28.1 Å². The van der Waals surface area contributed by atoms with Gasteiger partial charge in [-0.2, -0.15) is 13.2 Å². The maximum Gasteiger partial charge on any atom is 0.416 e. The first-order valence-corrected chi connectivity index (χ1v) is 9.81. The summed E-state index contributed by atoms with van der Waals surface area (Å²) in [4.78, 5) is 20.2. The molecule has 0 aliphatic heterocycles. The smallest absolute Gasteiger partial charge is 0.416 e. The Morgan fingerprint density at radius 2 is 2.03 bits per heavy atom. The van der Waals surface area contributed by atoms with Gasteiger partial charge in [-0.25, -0.2) is 9.97 Å². The molecule has 4 aromatic rings. The van der Waals surface area contributed by atoms with Crippen LogP contribution in [0.5, 0.6) is 5.88 Å². The standard InChI is InChI=1S/C22H17F3N6O3/c1-33-20-18(10-26-13-27-20)15-5-2-4-14(8-15)11-31-12-19(34-30-31)29-21(32)28-17-7-3-6-16(9-17)22(23,24)25/h2-10,12-13H,11H2,1H3,(H-,28,29,30,32). The van der Waals surface area contributed by atoms with E-state index in [0.29, 0.717) is 12.4 Å². The lowest BCUT2D eigenvalue weighted by molar-refractivity contribution is -0.754. The average molecular weight is 470 g/mol. The molecule has 4 rings (SSSR count). The second-order valence-corrected chi connectivity index (χ2v) is 7.00. The van der Waals surface area contributed by atoms with Crippen molar-refractivity contribution in [3.63, 3.8) is 0 Å². The molecule has 1 N–H and O–H groups in total. The Hall–Kier alpha value is -4.48. The van der Waals surface area contributed by atoms with E-state index in [4.69, 9.17) is 9.26 Å². The number of halogens is 3. The number of carbonyl (C=O) groups excluding carboxylic acids is 1. The molecule has 0 atom stereocenters. The zero-order valence-electron chi connectivity index (χ0n) is 17.7. The molecule has 34 heavy (non-hydrogen) atoms. The summed E-state index contributed by atoms with van der Waals surface area (Å²) in [6.45, 7) is 0.304. The van der Waals surface area contributed by atoms with E-state index < -0.39 is 17.8 Å². The van der Waals surface area contributed by atoms with Crippen molar-refractivity contribution in [3.8, 4) is 17.0 Å². The third kappa shape index (κ3) is 5.46. The molecule has 2 aromatic heterocycles. The molecular weight excluding hydrogens is 453 g/mol. The van der Waals surface area contributed by atoms with E-state index in [2.05, 4.69) is 25.9 Å². The minimum absolute atomic E-state index is 0.0481. The van der Waals surface area contributed by atoms with Crippen LogP contribution >= 0.6 is 0 Å². The second-order valence-electron chi connectivity index (χ2n) is 7.00. The number of aromatic nitrogens is 4. The van der Waals surface area contributed by atoms with E-state index in [1.165, 1.54) is 36.4 Å². The number of nitrogens with one attached hydrogen (secondary N) is 1. The zero-order chi connectivity index (χ0) is 24.1. The second kappa shape index (κ2) is 9.57. The van der Waals surface area contributed by atoms with Crippen LogP contribution in [0.4, 0.5) is 29.5 Å². The van der Waals surface area contributed by atoms with E-state index in [-0.39, 0.29) is 11.6 Å². The third-order valence-corrected chi connectivity index (χ3v) is 4.60. The topological polar surface area (TPSA) is 108 Å². The van der Waals surface area contributed by atoms with Gasteiger partial charge in [0.2, 0.25) is 24.5 Å². The van der Waals surface area contributed by atoms with Crippen molar-refractivity contribution < 1.29 is 31.9 Å². The van der Waals surface area contributed by atoms with Gasteiger partial charge in [0.05, 0.1) is 18.2 Å². The van der Waals surface area contributed by atoms with Gasteiger partial charge in [-0.1, -0.05) is 36.4 Å². The van der Waals surface area contributed by atoms with Crippen LogP contribution in [0, 0.1) is 0 Å². The van der Waals surface area contributed by atoms with Crippen LogP contribution in [-0.2, 0) is 12.7 Å². The predicted octanol–water partition coefficient (Wildman–Crippen LogP) is 4.73. The van der Waals surface area contributed by atoms with Gasteiger partial charge < -0.3 is 19.9 Å². The maximum absolute atomic E-state index is 12.8. The number of ether oxygens (including phenoxy) is 1. The Bertz CT molecular complexity index is 1310. The predicted molar refractivity (Wildman–Crippen MR) is 113 cm³/mol. The molecule has 0 fully saturated rings. The summed E-state index contributed by atoms with van der Waals surface area (Å²) in [6, 6.07) is 10.8. The highest BCUT2D eigenvalue weighted by Crippen LogP contribution is 2.31. The molecular formula is C22H17F3N6O3. The Balaban J connectivity index is 1.41. The van der Waals surface area contributed by atoms with Gasteiger partial charge in [0, 0.05) is 11.8 Å². The fourth-order valence-electron chi connectivity index (χ4n) is 3.12. The lowest BCUT2D eigenvalue weighted by Gasteiger charge is -2.15. The third-order valence-electron chi connectivity index (χ3n) is 4.60. The van der Waals surface area contributed by atoms with Crippen LogP contribution in [0.2, 0.25) is 0 Å². The number of urea groups is 1. The van der Waals surface area contributed by atoms with Crippen LogP contribution in [-0.4, -0.2) is 28.4 Å². The minimum atomic E-state index is -4.52. The number of nitrogens with zero attached hydrogens (tertiary/aromatic N) is 5. The number of hydrogen-bond acceptors (Lipinski definition) is 6. The molecule has 0 spiro atoms. The number of amides is 2. The first-order valence-electron chi connectivity index (χ1n) is 9.81. The molecule has 0 radical (unpaired) electrons. The number of carbonyl (C=O) groups is 1. The average Bonchev–Trinajstić information content (AvgIpc) is 3.25. The monoisotopic (exact) mass is 470 g/mol. The molecule has 0 bridgehead atoms. The minimum Gasteiger partial charge on any atom is -0.480 e. The van der Waals surface area contributed by atoms with Crippen LogP contribution in [0.1, 0.15) is 11.1 Å². The largest absolute Gasteiger partial charge is 0.480 e. The number of benzene rings is 2. The molecule has 9 nitrogen and oxygen atoms in total. The number of rotatable bonds is 6. The summed E-state index contributed by atoms with van der Waals surface area (Å²) in [5.41, 5.74) is 1.49. The number of anilines is 1. The highest BCUT2D eigenvalue weighted by atomic mass is 19.4. The van der Waals surface area contributed by atoms with Gasteiger partial charge in [0.15, 0.2) is 11.3 Å². The SMILES string of the molecule is COc1ncncc1-c1cccc(C[n+]2cc([N-]C(=O)Nc3cccc(C(F)(F)F)c3)on2)c1. The molecule has 2 heterocycles. The summed E-state index contributed by atoms with van der Waals surface area (Å²) >= 11 is 0. The van der Waals surface area contributed by atoms with Crippen molar-refractivity contribution in [3.05, 3.63) is 83.7 Å². The highest BCUT2D eigenvalue weighted by molar-refractivity contribution is 6.03. The van der Waals surface area contributed by atoms with E-state index in [9.17, 15) is 18.0 Å². The number of methoxy groups -OCH3 is 1. The van der Waals surface area contributed by atoms with E-state index in [1.54, 1.807) is 6.20 Å². The Labute approximate surface area is 191 Å².